The Kier molecular flexibility index (Phi) is 2.55. The van der Waals surface area contributed by atoms with Crippen LogP contribution in [0.15, 0.2) is 18.2 Å². The Balaban J connectivity index is 2.06. The molecule has 0 saturated heterocycles. The van der Waals surface area contributed by atoms with Crippen LogP contribution >= 0.6 is 0 Å². The number of fused-ring (bicyclic) bond motifs is 1. The van der Waals surface area contributed by atoms with Crippen LogP contribution in [-0.2, 0) is 4.79 Å². The molecule has 1 atom stereocenters. The molecule has 4 nitrogen and oxygen atoms in total. The highest BCUT2D eigenvalue weighted by atomic mass is 16.5. The lowest BCUT2D eigenvalue weighted by Crippen LogP contribution is -2.43. The average Bonchev–Trinajstić information content (AvgIpc) is 2.87. The second kappa shape index (κ2) is 3.99. The molecule has 1 aromatic rings. The van der Waals surface area contributed by atoms with Crippen LogP contribution in [0.4, 0.5) is 5.69 Å². The molecular formula is C14H17NO3. The lowest BCUT2D eigenvalue weighted by molar-refractivity contribution is -0.133. The van der Waals surface area contributed by atoms with E-state index in [2.05, 4.69) is 5.32 Å². The average molecular weight is 247 g/mol. The van der Waals surface area contributed by atoms with Gasteiger partial charge < -0.3 is 15.2 Å². The Morgan fingerprint density at radius 1 is 1.39 bits per heavy atom. The maximum Gasteiger partial charge on any atom is 0.233 e. The second-order valence-electron chi connectivity index (χ2n) is 5.17. The molecule has 1 fully saturated rings. The molecule has 0 unspecified atom stereocenters. The minimum atomic E-state index is -0.699. The van der Waals surface area contributed by atoms with Crippen LogP contribution < -0.4 is 10.1 Å². The van der Waals surface area contributed by atoms with Crippen LogP contribution in [0.3, 0.4) is 0 Å². The number of hydrogen-bond acceptors (Lipinski definition) is 3. The molecular weight excluding hydrogens is 230 g/mol. The van der Waals surface area contributed by atoms with E-state index in [0.717, 1.165) is 31.2 Å². The van der Waals surface area contributed by atoms with Gasteiger partial charge in [0.1, 0.15) is 5.75 Å². The number of rotatable bonds is 1. The predicted molar refractivity (Wildman–Crippen MR) is 67.5 cm³/mol. The summed E-state index contributed by atoms with van der Waals surface area (Å²) in [6, 6.07) is 5.43. The topological polar surface area (TPSA) is 58.6 Å². The summed E-state index contributed by atoms with van der Waals surface area (Å²) in [6.07, 6.45) is 2.86. The fraction of sp³-hybridized carbons (Fsp3) is 0.500. The van der Waals surface area contributed by atoms with Crippen molar-refractivity contribution in [3.8, 4) is 5.75 Å². The molecule has 2 aliphatic rings. The monoisotopic (exact) mass is 247 g/mol. The molecule has 3 rings (SSSR count). The van der Waals surface area contributed by atoms with Crippen molar-refractivity contribution >= 4 is 11.6 Å². The van der Waals surface area contributed by atoms with Crippen molar-refractivity contribution in [3.05, 3.63) is 23.8 Å². The summed E-state index contributed by atoms with van der Waals surface area (Å²) in [6.45, 7) is 0. The van der Waals surface area contributed by atoms with E-state index < -0.39 is 11.5 Å². The molecule has 1 spiro atoms. The van der Waals surface area contributed by atoms with E-state index in [1.54, 1.807) is 13.2 Å². The van der Waals surface area contributed by atoms with Crippen LogP contribution in [0.5, 0.6) is 5.75 Å². The first-order chi connectivity index (χ1) is 8.67. The maximum absolute atomic E-state index is 12.3. The Hall–Kier alpha value is -1.55. The van der Waals surface area contributed by atoms with Gasteiger partial charge in [0.2, 0.25) is 5.91 Å². The molecule has 0 bridgehead atoms. The zero-order valence-electron chi connectivity index (χ0n) is 10.4. The molecule has 1 saturated carbocycles. The smallest absolute Gasteiger partial charge is 0.233 e. The summed E-state index contributed by atoms with van der Waals surface area (Å²) in [7, 11) is 1.58. The number of methoxy groups -OCH3 is 1. The van der Waals surface area contributed by atoms with E-state index in [1.807, 2.05) is 12.1 Å². The largest absolute Gasteiger partial charge is 0.497 e. The molecule has 0 radical (unpaired) electrons. The van der Waals surface area contributed by atoms with E-state index >= 15 is 0 Å². The van der Waals surface area contributed by atoms with Crippen molar-refractivity contribution in [1.29, 1.82) is 0 Å². The van der Waals surface area contributed by atoms with Crippen LogP contribution in [0.25, 0.3) is 0 Å². The lowest BCUT2D eigenvalue weighted by atomic mass is 9.73. The molecule has 1 heterocycles. The standard InChI is InChI=1S/C14H17NO3/c1-18-9-4-5-10-11(8-9)15-13(17)14(12(10)16)6-2-3-7-14/h4-5,8,12,16H,2-3,6-7H2,1H3,(H,15,17)/t12-/m0/s1. The number of anilines is 1. The maximum atomic E-state index is 12.3. The summed E-state index contributed by atoms with van der Waals surface area (Å²) in [5.41, 5.74) is 0.864. The number of carbonyl (C=O) groups excluding carboxylic acids is 1. The van der Waals surface area contributed by atoms with E-state index in [-0.39, 0.29) is 5.91 Å². The zero-order chi connectivity index (χ0) is 12.8. The van der Waals surface area contributed by atoms with Crippen LogP contribution in [0.1, 0.15) is 37.4 Å². The first kappa shape index (κ1) is 11.5. The number of hydrogen-bond donors (Lipinski definition) is 2. The second-order valence-corrected chi connectivity index (χ2v) is 5.17. The number of amides is 1. The Morgan fingerprint density at radius 2 is 2.11 bits per heavy atom. The molecule has 96 valence electrons. The van der Waals surface area contributed by atoms with Gasteiger partial charge in [-0.3, -0.25) is 4.79 Å². The van der Waals surface area contributed by atoms with Crippen molar-refractivity contribution in [2.75, 3.05) is 12.4 Å². The third kappa shape index (κ3) is 1.45. The normalized spacial score (nSPS) is 24.8. The highest BCUT2D eigenvalue weighted by Crippen LogP contribution is 2.52. The number of benzene rings is 1. The van der Waals surface area contributed by atoms with Gasteiger partial charge in [0, 0.05) is 11.6 Å². The molecule has 2 N–H and O–H groups in total. The van der Waals surface area contributed by atoms with Crippen LogP contribution in [0, 0.1) is 5.41 Å². The van der Waals surface area contributed by atoms with Gasteiger partial charge in [-0.1, -0.05) is 18.9 Å². The van der Waals surface area contributed by atoms with E-state index in [1.165, 1.54) is 0 Å². The number of aliphatic hydroxyl groups excluding tert-OH is 1. The number of carbonyl (C=O) groups is 1. The van der Waals surface area contributed by atoms with Gasteiger partial charge in [0.25, 0.3) is 0 Å². The van der Waals surface area contributed by atoms with E-state index in [9.17, 15) is 9.90 Å². The number of nitrogens with one attached hydrogen (secondary N) is 1. The third-order valence-electron chi connectivity index (χ3n) is 4.27. The fourth-order valence-electron chi connectivity index (χ4n) is 3.18. The summed E-state index contributed by atoms with van der Waals surface area (Å²) in [4.78, 5) is 12.3. The minimum Gasteiger partial charge on any atom is -0.497 e. The van der Waals surface area contributed by atoms with Gasteiger partial charge in [-0.2, -0.15) is 0 Å². The predicted octanol–water partition coefficient (Wildman–Crippen LogP) is 2.24. The fourth-order valence-corrected chi connectivity index (χ4v) is 3.18. The Bertz CT molecular complexity index is 492. The molecule has 1 aliphatic carbocycles. The van der Waals surface area contributed by atoms with Crippen molar-refractivity contribution in [2.24, 2.45) is 5.41 Å². The third-order valence-corrected chi connectivity index (χ3v) is 4.27. The van der Waals surface area contributed by atoms with Gasteiger partial charge >= 0.3 is 0 Å². The molecule has 1 aliphatic heterocycles. The molecule has 1 aromatic carbocycles. The summed E-state index contributed by atoms with van der Waals surface area (Å²) < 4.78 is 5.13. The quantitative estimate of drug-likeness (QED) is 0.800. The summed E-state index contributed by atoms with van der Waals surface area (Å²) >= 11 is 0. The highest BCUT2D eigenvalue weighted by Gasteiger charge is 2.50. The zero-order valence-corrected chi connectivity index (χ0v) is 10.4. The molecule has 4 heteroatoms. The van der Waals surface area contributed by atoms with E-state index in [4.69, 9.17) is 4.74 Å². The van der Waals surface area contributed by atoms with Crippen LogP contribution in [-0.4, -0.2) is 18.1 Å². The Labute approximate surface area is 106 Å². The van der Waals surface area contributed by atoms with Crippen LogP contribution in [0.2, 0.25) is 0 Å². The van der Waals surface area contributed by atoms with Gasteiger partial charge in [0.15, 0.2) is 0 Å². The van der Waals surface area contributed by atoms with Crippen molar-refractivity contribution in [3.63, 3.8) is 0 Å². The lowest BCUT2D eigenvalue weighted by Gasteiger charge is -2.38. The molecule has 18 heavy (non-hydrogen) atoms. The number of aliphatic hydroxyl groups is 1. The van der Waals surface area contributed by atoms with Gasteiger partial charge in [-0.15, -0.1) is 0 Å². The van der Waals surface area contributed by atoms with Gasteiger partial charge in [0.05, 0.1) is 24.3 Å². The van der Waals surface area contributed by atoms with Crippen molar-refractivity contribution in [2.45, 2.75) is 31.8 Å². The molecule has 1 amide bonds. The van der Waals surface area contributed by atoms with E-state index in [0.29, 0.717) is 11.4 Å². The number of ether oxygens (including phenoxy) is 1. The summed E-state index contributed by atoms with van der Waals surface area (Å²) in [5, 5.41) is 13.5. The van der Waals surface area contributed by atoms with Gasteiger partial charge in [-0.05, 0) is 18.9 Å². The Morgan fingerprint density at radius 3 is 2.78 bits per heavy atom. The van der Waals surface area contributed by atoms with Crippen molar-refractivity contribution < 1.29 is 14.6 Å². The first-order valence-corrected chi connectivity index (χ1v) is 6.35. The van der Waals surface area contributed by atoms with Crippen molar-refractivity contribution in [1.82, 2.24) is 0 Å². The SMILES string of the molecule is COc1ccc2c(c1)NC(=O)C1(CCCC1)[C@H]2O. The summed E-state index contributed by atoms with van der Waals surface area (Å²) in [5.74, 6) is 0.636. The first-order valence-electron chi connectivity index (χ1n) is 6.35. The highest BCUT2D eigenvalue weighted by molar-refractivity contribution is 5.99. The molecule has 0 aromatic heterocycles. The minimum absolute atomic E-state index is 0.0479. The van der Waals surface area contributed by atoms with Gasteiger partial charge in [-0.25, -0.2) is 0 Å².